The van der Waals surface area contributed by atoms with E-state index in [1.807, 2.05) is 5.32 Å². The van der Waals surface area contributed by atoms with E-state index in [2.05, 4.69) is 0 Å². The van der Waals surface area contributed by atoms with Gasteiger partial charge in [0, 0.05) is 0 Å². The van der Waals surface area contributed by atoms with Gasteiger partial charge in [0.1, 0.15) is 12.8 Å². The van der Waals surface area contributed by atoms with Crippen molar-refractivity contribution in [3.63, 3.8) is 0 Å². The summed E-state index contributed by atoms with van der Waals surface area (Å²) in [6.45, 7) is -1.04. The van der Waals surface area contributed by atoms with Crippen molar-refractivity contribution in [3.8, 4) is 0 Å². The number of nitrogens with one attached hydrogen (secondary N) is 1. The second-order valence-electron chi connectivity index (χ2n) is 2.10. The van der Waals surface area contributed by atoms with E-state index in [0.29, 0.717) is 0 Å². The van der Waals surface area contributed by atoms with Crippen molar-refractivity contribution in [2.75, 3.05) is 13.3 Å². The molecule has 0 aromatic carbocycles. The number of nitrogens with zero attached hydrogens (tertiary/aromatic N) is 1. The fourth-order valence-corrected chi connectivity index (χ4v) is 0.888. The molecule has 11 heavy (non-hydrogen) atoms. The van der Waals surface area contributed by atoms with E-state index in [1.54, 1.807) is 0 Å². The summed E-state index contributed by atoms with van der Waals surface area (Å²) in [4.78, 5) is 22.3. The number of aliphatic hydroxyl groups is 2. The van der Waals surface area contributed by atoms with Crippen LogP contribution >= 0.6 is 0 Å². The molecule has 1 saturated heterocycles. The van der Waals surface area contributed by atoms with Gasteiger partial charge in [0.05, 0.1) is 6.61 Å². The van der Waals surface area contributed by atoms with E-state index in [-0.39, 0.29) is 0 Å². The molecule has 6 nitrogen and oxygen atoms in total. The minimum atomic E-state index is -0.938. The first kappa shape index (κ1) is 7.96. The van der Waals surface area contributed by atoms with Gasteiger partial charge in [-0.15, -0.1) is 0 Å². The first-order valence-corrected chi connectivity index (χ1v) is 3.04. The molecule has 0 bridgehead atoms. The second-order valence-corrected chi connectivity index (χ2v) is 2.10. The predicted octanol–water partition coefficient (Wildman–Crippen LogP) is -2.15. The van der Waals surface area contributed by atoms with Gasteiger partial charge in [-0.25, -0.2) is 4.79 Å². The molecule has 0 aromatic rings. The lowest BCUT2D eigenvalue weighted by Crippen LogP contribution is -2.38. The molecule has 3 N–H and O–H groups in total. The van der Waals surface area contributed by atoms with Crippen LogP contribution in [-0.2, 0) is 4.79 Å². The minimum absolute atomic E-state index is 0.474. The summed E-state index contributed by atoms with van der Waals surface area (Å²) in [7, 11) is 0. The first-order chi connectivity index (χ1) is 5.20. The summed E-state index contributed by atoms with van der Waals surface area (Å²) in [5.74, 6) is -0.577. The van der Waals surface area contributed by atoms with Crippen LogP contribution in [0.4, 0.5) is 4.79 Å². The van der Waals surface area contributed by atoms with E-state index >= 15 is 0 Å². The van der Waals surface area contributed by atoms with Crippen LogP contribution < -0.4 is 5.32 Å². The third kappa shape index (κ3) is 1.17. The highest BCUT2D eigenvalue weighted by atomic mass is 16.3. The van der Waals surface area contributed by atoms with E-state index in [0.717, 1.165) is 4.90 Å². The molecule has 1 rings (SSSR count). The zero-order valence-corrected chi connectivity index (χ0v) is 5.65. The van der Waals surface area contributed by atoms with E-state index in [4.69, 9.17) is 10.2 Å². The van der Waals surface area contributed by atoms with Gasteiger partial charge in [0.15, 0.2) is 0 Å². The normalized spacial score (nSPS) is 24.2. The number of imide groups is 1. The Kier molecular flexibility index (Phi) is 2.06. The number of amides is 3. The van der Waals surface area contributed by atoms with Crippen molar-refractivity contribution >= 4 is 11.9 Å². The largest absolute Gasteiger partial charge is 0.394 e. The Morgan fingerprint density at radius 3 is 2.45 bits per heavy atom. The van der Waals surface area contributed by atoms with Crippen LogP contribution in [0.5, 0.6) is 0 Å². The Morgan fingerprint density at radius 1 is 1.45 bits per heavy atom. The molecule has 1 atom stereocenters. The van der Waals surface area contributed by atoms with Crippen LogP contribution in [0.1, 0.15) is 0 Å². The average molecular weight is 160 g/mol. The molecule has 0 spiro atoms. The highest BCUT2D eigenvalue weighted by Gasteiger charge is 2.36. The lowest BCUT2D eigenvalue weighted by molar-refractivity contribution is -0.123. The summed E-state index contributed by atoms with van der Waals surface area (Å²) in [6, 6.07) is -1.61. The number of rotatable bonds is 2. The van der Waals surface area contributed by atoms with E-state index < -0.39 is 31.3 Å². The molecule has 6 heteroatoms. The molecule has 1 aliphatic rings. The minimum Gasteiger partial charge on any atom is -0.394 e. The molecule has 0 aliphatic carbocycles. The molecule has 3 amide bonds. The van der Waals surface area contributed by atoms with Gasteiger partial charge in [0.25, 0.3) is 5.91 Å². The second kappa shape index (κ2) is 2.85. The Morgan fingerprint density at radius 2 is 2.09 bits per heavy atom. The van der Waals surface area contributed by atoms with Crippen molar-refractivity contribution in [2.45, 2.75) is 6.04 Å². The van der Waals surface area contributed by atoms with Gasteiger partial charge < -0.3 is 10.2 Å². The van der Waals surface area contributed by atoms with Gasteiger partial charge in [-0.05, 0) is 0 Å². The molecule has 0 saturated carbocycles. The number of urea groups is 1. The average Bonchev–Trinajstić information content (AvgIpc) is 2.24. The van der Waals surface area contributed by atoms with Crippen LogP contribution in [0.15, 0.2) is 0 Å². The smallest absolute Gasteiger partial charge is 0.326 e. The third-order valence-corrected chi connectivity index (χ3v) is 1.50. The maximum atomic E-state index is 10.7. The van der Waals surface area contributed by atoms with Gasteiger partial charge >= 0.3 is 6.03 Å². The highest BCUT2D eigenvalue weighted by molar-refractivity contribution is 6.04. The number of aliphatic hydroxyl groups excluding tert-OH is 2. The first-order valence-electron chi connectivity index (χ1n) is 3.04. The van der Waals surface area contributed by atoms with Crippen molar-refractivity contribution in [1.29, 1.82) is 0 Å². The molecule has 0 aromatic heterocycles. The zero-order valence-electron chi connectivity index (χ0n) is 5.65. The highest BCUT2D eigenvalue weighted by Crippen LogP contribution is 2.05. The molecule has 1 unspecified atom stereocenters. The van der Waals surface area contributed by atoms with Crippen LogP contribution in [0.3, 0.4) is 0 Å². The molecular weight excluding hydrogens is 152 g/mol. The SMILES string of the molecule is O=C1NC(=O)N(CO)C1CO. The summed E-state index contributed by atoms with van der Waals surface area (Å²) < 4.78 is 0. The fourth-order valence-electron chi connectivity index (χ4n) is 0.888. The van der Waals surface area contributed by atoms with Crippen molar-refractivity contribution in [1.82, 2.24) is 10.2 Å². The Bertz CT molecular complexity index is 173. The zero-order chi connectivity index (χ0) is 8.43. The Balaban J connectivity index is 2.74. The topological polar surface area (TPSA) is 89.9 Å². The Hall–Kier alpha value is -1.14. The maximum Gasteiger partial charge on any atom is 0.326 e. The van der Waals surface area contributed by atoms with Gasteiger partial charge in [-0.3, -0.25) is 15.0 Å². The summed E-state index contributed by atoms with van der Waals surface area (Å²) in [5, 5.41) is 19.1. The Labute approximate surface area is 62.4 Å². The molecule has 62 valence electrons. The summed E-state index contributed by atoms with van der Waals surface area (Å²) >= 11 is 0. The van der Waals surface area contributed by atoms with Crippen LogP contribution in [0.25, 0.3) is 0 Å². The quantitative estimate of drug-likeness (QED) is 0.402. The van der Waals surface area contributed by atoms with Gasteiger partial charge in [0.2, 0.25) is 0 Å². The number of hydrogen-bond donors (Lipinski definition) is 3. The molecule has 0 radical (unpaired) electrons. The molecule has 1 heterocycles. The molecular formula is C5H8N2O4. The lowest BCUT2D eigenvalue weighted by Gasteiger charge is -2.15. The van der Waals surface area contributed by atoms with Crippen LogP contribution in [-0.4, -0.2) is 46.4 Å². The van der Waals surface area contributed by atoms with Crippen LogP contribution in [0.2, 0.25) is 0 Å². The van der Waals surface area contributed by atoms with Crippen molar-refractivity contribution < 1.29 is 19.8 Å². The number of carbonyl (C=O) groups is 2. The predicted molar refractivity (Wildman–Crippen MR) is 33.3 cm³/mol. The number of hydrogen-bond acceptors (Lipinski definition) is 4. The molecule has 1 fully saturated rings. The summed E-state index contributed by atoms with van der Waals surface area (Å²) in [6.07, 6.45) is 0. The van der Waals surface area contributed by atoms with Gasteiger partial charge in [-0.1, -0.05) is 0 Å². The van der Waals surface area contributed by atoms with Crippen molar-refractivity contribution in [3.05, 3.63) is 0 Å². The van der Waals surface area contributed by atoms with E-state index in [1.165, 1.54) is 0 Å². The van der Waals surface area contributed by atoms with Gasteiger partial charge in [-0.2, -0.15) is 0 Å². The molecule has 1 aliphatic heterocycles. The van der Waals surface area contributed by atoms with E-state index in [9.17, 15) is 9.59 Å². The lowest BCUT2D eigenvalue weighted by atomic mass is 10.3. The standard InChI is InChI=1S/C5H8N2O4/c8-1-3-4(10)6-5(11)7(3)2-9/h3,8-9H,1-2H2,(H,6,10,11). The fraction of sp³-hybridized carbons (Fsp3) is 0.600. The number of carbonyl (C=O) groups excluding carboxylic acids is 2. The van der Waals surface area contributed by atoms with Crippen LogP contribution in [0, 0.1) is 0 Å². The summed E-state index contributed by atoms with van der Waals surface area (Å²) in [5.41, 5.74) is 0. The van der Waals surface area contributed by atoms with Crippen molar-refractivity contribution in [2.24, 2.45) is 0 Å². The monoisotopic (exact) mass is 160 g/mol. The maximum absolute atomic E-state index is 10.7. The third-order valence-electron chi connectivity index (χ3n) is 1.50.